The van der Waals surface area contributed by atoms with Crippen molar-refractivity contribution < 1.29 is 30.0 Å². The molecule has 1 aromatic carbocycles. The molecule has 5 nitrogen and oxygen atoms in total. The van der Waals surface area contributed by atoms with Gasteiger partial charge in [0, 0.05) is 0 Å². The van der Waals surface area contributed by atoms with E-state index < -0.39 is 48.9 Å². The Kier molecular flexibility index (Phi) is 5.40. The minimum Gasteiger partial charge on any atom is -0.229 e. The van der Waals surface area contributed by atoms with Crippen LogP contribution in [0.4, 0.5) is 13.2 Å². The summed E-state index contributed by atoms with van der Waals surface area (Å²) in [4.78, 5) is 0. The summed E-state index contributed by atoms with van der Waals surface area (Å²) in [5.74, 6) is -1.31. The van der Waals surface area contributed by atoms with Crippen molar-refractivity contribution in [2.45, 2.75) is 18.3 Å². The Labute approximate surface area is 120 Å². The number of halogens is 3. The second-order valence-corrected chi connectivity index (χ2v) is 8.43. The van der Waals surface area contributed by atoms with Crippen LogP contribution in [0.1, 0.15) is 17.5 Å². The first-order valence-corrected chi connectivity index (χ1v) is 9.30. The number of hydrogen-bond donors (Lipinski definition) is 1. The van der Waals surface area contributed by atoms with E-state index in [4.69, 9.17) is 5.14 Å². The Morgan fingerprint density at radius 1 is 0.952 bits per heavy atom. The molecular weight excluding hydrogens is 331 g/mol. The Morgan fingerprint density at radius 3 is 1.90 bits per heavy atom. The molecule has 0 atom stereocenters. The molecular formula is C11H14F3NO4S2. The van der Waals surface area contributed by atoms with Gasteiger partial charge in [-0.2, -0.15) is 13.2 Å². The second kappa shape index (κ2) is 6.32. The van der Waals surface area contributed by atoms with Gasteiger partial charge in [-0.25, -0.2) is 22.0 Å². The maximum absolute atomic E-state index is 12.3. The van der Waals surface area contributed by atoms with Gasteiger partial charge >= 0.3 is 6.18 Å². The Hall–Kier alpha value is -1.13. The zero-order valence-corrected chi connectivity index (χ0v) is 12.4. The van der Waals surface area contributed by atoms with E-state index in [2.05, 4.69) is 0 Å². The van der Waals surface area contributed by atoms with Crippen LogP contribution in [0.15, 0.2) is 24.3 Å². The van der Waals surface area contributed by atoms with Crippen LogP contribution in [0.25, 0.3) is 0 Å². The van der Waals surface area contributed by atoms with E-state index in [1.165, 1.54) is 0 Å². The Balaban J connectivity index is 2.67. The van der Waals surface area contributed by atoms with Gasteiger partial charge in [0.25, 0.3) is 0 Å². The highest BCUT2D eigenvalue weighted by Gasteiger charge is 2.30. The van der Waals surface area contributed by atoms with E-state index >= 15 is 0 Å². The number of rotatable bonds is 6. The van der Waals surface area contributed by atoms with E-state index in [9.17, 15) is 30.0 Å². The smallest absolute Gasteiger partial charge is 0.229 e. The normalized spacial score (nSPS) is 13.3. The zero-order chi connectivity index (χ0) is 16.3. The zero-order valence-electron chi connectivity index (χ0n) is 10.8. The van der Waals surface area contributed by atoms with Crippen molar-refractivity contribution >= 4 is 19.9 Å². The minimum absolute atomic E-state index is 0.151. The highest BCUT2D eigenvalue weighted by atomic mass is 32.2. The van der Waals surface area contributed by atoms with Gasteiger partial charge in [-0.15, -0.1) is 0 Å². The SMILES string of the molecule is NS(=O)(=O)CCCS(=O)(=O)Cc1ccc(C(F)(F)F)cc1. The second-order valence-electron chi connectivity index (χ2n) is 4.51. The molecule has 0 bridgehead atoms. The third-order valence-corrected chi connectivity index (χ3v) is 5.09. The van der Waals surface area contributed by atoms with Crippen molar-refractivity contribution in [3.8, 4) is 0 Å². The Bertz CT molecular complexity index is 679. The van der Waals surface area contributed by atoms with Gasteiger partial charge in [-0.3, -0.25) is 0 Å². The standard InChI is InChI=1S/C11H14F3NO4S2/c12-11(13,14)10-4-2-9(3-5-10)8-20(16,17)6-1-7-21(15,18)19/h2-5H,1,6-8H2,(H2,15,18,19). The fourth-order valence-corrected chi connectivity index (χ4v) is 3.75. The van der Waals surface area contributed by atoms with Crippen molar-refractivity contribution in [1.29, 1.82) is 0 Å². The average Bonchev–Trinajstić information content (AvgIpc) is 2.25. The summed E-state index contributed by atoms with van der Waals surface area (Å²) in [7, 11) is -7.34. The minimum atomic E-state index is -4.48. The van der Waals surface area contributed by atoms with Crippen LogP contribution >= 0.6 is 0 Å². The average molecular weight is 345 g/mol. The molecule has 0 amide bonds. The fourth-order valence-electron chi connectivity index (χ4n) is 1.60. The van der Waals surface area contributed by atoms with Crippen LogP contribution < -0.4 is 5.14 Å². The summed E-state index contributed by atoms with van der Waals surface area (Å²) < 4.78 is 81.8. The maximum Gasteiger partial charge on any atom is 0.416 e. The molecule has 1 aromatic rings. The molecule has 0 aliphatic heterocycles. The van der Waals surface area contributed by atoms with Gasteiger partial charge in [0.05, 0.1) is 22.8 Å². The topological polar surface area (TPSA) is 94.3 Å². The van der Waals surface area contributed by atoms with E-state index in [-0.39, 0.29) is 12.0 Å². The number of hydrogen-bond acceptors (Lipinski definition) is 4. The van der Waals surface area contributed by atoms with Crippen molar-refractivity contribution in [3.05, 3.63) is 35.4 Å². The molecule has 0 aliphatic carbocycles. The van der Waals surface area contributed by atoms with Crippen molar-refractivity contribution in [2.24, 2.45) is 5.14 Å². The molecule has 0 radical (unpaired) electrons. The predicted molar refractivity (Wildman–Crippen MR) is 71.5 cm³/mol. The summed E-state index contributed by atoms with van der Waals surface area (Å²) in [6.07, 6.45) is -4.63. The number of primary sulfonamides is 1. The van der Waals surface area contributed by atoms with Crippen molar-refractivity contribution in [1.82, 2.24) is 0 Å². The lowest BCUT2D eigenvalue weighted by atomic mass is 10.1. The maximum atomic E-state index is 12.3. The summed E-state index contributed by atoms with van der Waals surface area (Å²) in [6, 6.07) is 3.77. The first-order chi connectivity index (χ1) is 9.39. The third-order valence-electron chi connectivity index (χ3n) is 2.55. The number of sulfone groups is 1. The summed E-state index contributed by atoms with van der Waals surface area (Å²) in [5.41, 5.74) is -0.656. The quantitative estimate of drug-likeness (QED) is 0.841. The van der Waals surface area contributed by atoms with Crippen LogP contribution in [0.2, 0.25) is 0 Å². The molecule has 0 fully saturated rings. The number of sulfonamides is 1. The molecule has 2 N–H and O–H groups in total. The van der Waals surface area contributed by atoms with E-state index in [1.807, 2.05) is 0 Å². The van der Waals surface area contributed by atoms with Gasteiger partial charge in [0.1, 0.15) is 0 Å². The summed E-state index contributed by atoms with van der Waals surface area (Å²) in [5, 5.41) is 4.75. The molecule has 0 spiro atoms. The molecule has 0 aliphatic rings. The van der Waals surface area contributed by atoms with Crippen LogP contribution in [0.3, 0.4) is 0 Å². The van der Waals surface area contributed by atoms with Gasteiger partial charge in [0.2, 0.25) is 10.0 Å². The third kappa shape index (κ3) is 6.91. The molecule has 1 rings (SSSR count). The van der Waals surface area contributed by atoms with Crippen molar-refractivity contribution in [3.63, 3.8) is 0 Å². The molecule has 120 valence electrons. The largest absolute Gasteiger partial charge is 0.416 e. The molecule has 0 saturated heterocycles. The fraction of sp³-hybridized carbons (Fsp3) is 0.455. The first kappa shape index (κ1) is 17.9. The lowest BCUT2D eigenvalue weighted by Crippen LogP contribution is -2.19. The van der Waals surface area contributed by atoms with E-state index in [0.29, 0.717) is 0 Å². The molecule has 0 aromatic heterocycles. The van der Waals surface area contributed by atoms with Crippen LogP contribution in [0, 0.1) is 0 Å². The summed E-state index contributed by atoms with van der Waals surface area (Å²) in [6.45, 7) is 0. The van der Waals surface area contributed by atoms with Crippen molar-refractivity contribution in [2.75, 3.05) is 11.5 Å². The van der Waals surface area contributed by atoms with E-state index in [0.717, 1.165) is 24.3 Å². The van der Waals surface area contributed by atoms with Crippen LogP contribution in [-0.4, -0.2) is 28.3 Å². The summed E-state index contributed by atoms with van der Waals surface area (Å²) >= 11 is 0. The molecule has 0 unspecified atom stereocenters. The highest BCUT2D eigenvalue weighted by Crippen LogP contribution is 2.29. The van der Waals surface area contributed by atoms with Gasteiger partial charge in [-0.1, -0.05) is 12.1 Å². The number of alkyl halides is 3. The first-order valence-electron chi connectivity index (χ1n) is 5.76. The molecule has 10 heteroatoms. The molecule has 21 heavy (non-hydrogen) atoms. The molecule has 0 saturated carbocycles. The van der Waals surface area contributed by atoms with Crippen LogP contribution in [0.5, 0.6) is 0 Å². The van der Waals surface area contributed by atoms with Gasteiger partial charge in [-0.05, 0) is 24.1 Å². The number of benzene rings is 1. The number of nitrogens with two attached hydrogens (primary N) is 1. The lowest BCUT2D eigenvalue weighted by Gasteiger charge is -2.08. The van der Waals surface area contributed by atoms with Gasteiger partial charge in [0.15, 0.2) is 9.84 Å². The molecule has 0 heterocycles. The van der Waals surface area contributed by atoms with Crippen LogP contribution in [-0.2, 0) is 31.8 Å². The highest BCUT2D eigenvalue weighted by molar-refractivity contribution is 7.91. The monoisotopic (exact) mass is 345 g/mol. The van der Waals surface area contributed by atoms with E-state index in [1.54, 1.807) is 0 Å². The lowest BCUT2D eigenvalue weighted by molar-refractivity contribution is -0.137. The Morgan fingerprint density at radius 2 is 1.48 bits per heavy atom. The predicted octanol–water partition coefficient (Wildman–Crippen LogP) is 1.30. The van der Waals surface area contributed by atoms with Gasteiger partial charge < -0.3 is 0 Å².